The molecule has 0 aliphatic carbocycles. The number of benzene rings is 2. The van der Waals surface area contributed by atoms with Crippen molar-refractivity contribution < 1.29 is 14.7 Å². The number of carbonyl (C=O) groups excluding carboxylic acids is 1. The van der Waals surface area contributed by atoms with E-state index in [9.17, 15) is 4.79 Å². The Balaban J connectivity index is 1.31. The van der Waals surface area contributed by atoms with Crippen molar-refractivity contribution in [3.8, 4) is 5.75 Å². The highest BCUT2D eigenvalue weighted by Gasteiger charge is 2.39. The number of likely N-dealkylation sites (tertiary alicyclic amines) is 1. The number of nitrogens with one attached hydrogen (secondary N) is 1. The van der Waals surface area contributed by atoms with E-state index in [2.05, 4.69) is 41.3 Å². The number of amides is 1. The third-order valence-corrected chi connectivity index (χ3v) is 5.84. The molecule has 0 aromatic heterocycles. The number of rotatable bonds is 4. The van der Waals surface area contributed by atoms with E-state index in [0.717, 1.165) is 56.6 Å². The van der Waals surface area contributed by atoms with Gasteiger partial charge in [-0.15, -0.1) is 0 Å². The fourth-order valence-corrected chi connectivity index (χ4v) is 4.13. The standard InChI is InChI=1S/C23H26N2O3/c26-22(24-27)10-9-18-5-7-19(8-6-18)17-25-15-13-23(14-16-25)12-11-20-3-1-2-4-21(20)28-23/h1-10,27H,11-17H2,(H,24,26). The molecule has 2 aliphatic rings. The molecule has 5 heteroatoms. The highest BCUT2D eigenvalue weighted by molar-refractivity contribution is 5.90. The van der Waals surface area contributed by atoms with Crippen LogP contribution in [0.5, 0.6) is 5.75 Å². The Morgan fingerprint density at radius 2 is 1.86 bits per heavy atom. The van der Waals surface area contributed by atoms with Crippen molar-refractivity contribution in [2.75, 3.05) is 13.1 Å². The summed E-state index contributed by atoms with van der Waals surface area (Å²) in [5.41, 5.74) is 5.12. The van der Waals surface area contributed by atoms with Gasteiger partial charge in [-0.25, -0.2) is 5.48 Å². The van der Waals surface area contributed by atoms with Gasteiger partial charge in [-0.3, -0.25) is 14.9 Å². The van der Waals surface area contributed by atoms with E-state index in [1.807, 2.05) is 12.1 Å². The number of carbonyl (C=O) groups is 1. The minimum Gasteiger partial charge on any atom is -0.487 e. The Kier molecular flexibility index (Phi) is 5.46. The third kappa shape index (κ3) is 4.26. The Labute approximate surface area is 165 Å². The van der Waals surface area contributed by atoms with Gasteiger partial charge in [0.25, 0.3) is 5.91 Å². The first-order valence-electron chi connectivity index (χ1n) is 9.86. The van der Waals surface area contributed by atoms with E-state index in [1.165, 1.54) is 17.2 Å². The van der Waals surface area contributed by atoms with Crippen LogP contribution in [0, 0.1) is 0 Å². The van der Waals surface area contributed by atoms with Crippen LogP contribution in [0.1, 0.15) is 36.0 Å². The second-order valence-electron chi connectivity index (χ2n) is 7.72. The van der Waals surface area contributed by atoms with Gasteiger partial charge in [0.2, 0.25) is 0 Å². The zero-order chi connectivity index (χ0) is 19.4. The molecule has 2 aromatic carbocycles. The molecule has 1 spiro atoms. The summed E-state index contributed by atoms with van der Waals surface area (Å²) in [5, 5.41) is 8.51. The number of piperidine rings is 1. The molecule has 0 radical (unpaired) electrons. The van der Waals surface area contributed by atoms with Crippen LogP contribution in [-0.4, -0.2) is 34.7 Å². The van der Waals surface area contributed by atoms with Crippen molar-refractivity contribution in [2.24, 2.45) is 0 Å². The SMILES string of the molecule is O=C(C=Cc1ccc(CN2CCC3(CCc4ccccc4O3)CC2)cc1)NO. The van der Waals surface area contributed by atoms with Gasteiger partial charge in [0, 0.05) is 25.7 Å². The summed E-state index contributed by atoms with van der Waals surface area (Å²) >= 11 is 0. The Morgan fingerprint density at radius 1 is 1.11 bits per heavy atom. The molecule has 5 nitrogen and oxygen atoms in total. The zero-order valence-corrected chi connectivity index (χ0v) is 15.9. The van der Waals surface area contributed by atoms with Crippen molar-refractivity contribution in [2.45, 2.75) is 37.8 Å². The van der Waals surface area contributed by atoms with Gasteiger partial charge < -0.3 is 4.74 Å². The quantitative estimate of drug-likeness (QED) is 0.485. The van der Waals surface area contributed by atoms with Crippen molar-refractivity contribution in [3.63, 3.8) is 0 Å². The second kappa shape index (κ2) is 8.17. The summed E-state index contributed by atoms with van der Waals surface area (Å²) < 4.78 is 6.45. The maximum atomic E-state index is 11.0. The monoisotopic (exact) mass is 378 g/mol. The smallest absolute Gasteiger partial charge is 0.267 e. The molecule has 0 atom stereocenters. The molecule has 4 rings (SSSR count). The van der Waals surface area contributed by atoms with E-state index in [1.54, 1.807) is 11.6 Å². The Morgan fingerprint density at radius 3 is 2.61 bits per heavy atom. The van der Waals surface area contributed by atoms with E-state index >= 15 is 0 Å². The van der Waals surface area contributed by atoms with Gasteiger partial charge in [-0.1, -0.05) is 42.5 Å². The molecular weight excluding hydrogens is 352 g/mol. The number of fused-ring (bicyclic) bond motifs is 1. The number of hydrogen-bond donors (Lipinski definition) is 2. The molecule has 0 bridgehead atoms. The van der Waals surface area contributed by atoms with Gasteiger partial charge in [-0.2, -0.15) is 0 Å². The third-order valence-electron chi connectivity index (χ3n) is 5.84. The van der Waals surface area contributed by atoms with Crippen LogP contribution in [0.15, 0.2) is 54.6 Å². The van der Waals surface area contributed by atoms with Gasteiger partial charge in [0.05, 0.1) is 0 Å². The average molecular weight is 378 g/mol. The lowest BCUT2D eigenvalue weighted by Crippen LogP contribution is -2.49. The summed E-state index contributed by atoms with van der Waals surface area (Å²) in [4.78, 5) is 13.5. The first kappa shape index (κ1) is 18.7. The topological polar surface area (TPSA) is 61.8 Å². The van der Waals surface area contributed by atoms with Crippen LogP contribution < -0.4 is 10.2 Å². The minimum atomic E-state index is -0.529. The molecule has 2 aliphatic heterocycles. The fraction of sp³-hybridized carbons (Fsp3) is 0.348. The van der Waals surface area contributed by atoms with Gasteiger partial charge in [0.15, 0.2) is 0 Å². The van der Waals surface area contributed by atoms with Crippen molar-refractivity contribution in [1.82, 2.24) is 10.4 Å². The van der Waals surface area contributed by atoms with Crippen molar-refractivity contribution >= 4 is 12.0 Å². The average Bonchev–Trinajstić information content (AvgIpc) is 2.75. The lowest BCUT2D eigenvalue weighted by Gasteiger charge is -2.44. The van der Waals surface area contributed by atoms with Gasteiger partial charge in [-0.05, 0) is 54.5 Å². The first-order valence-corrected chi connectivity index (χ1v) is 9.86. The summed E-state index contributed by atoms with van der Waals surface area (Å²) in [6, 6.07) is 16.6. The highest BCUT2D eigenvalue weighted by Crippen LogP contribution is 2.39. The van der Waals surface area contributed by atoms with Crippen LogP contribution in [0.3, 0.4) is 0 Å². The summed E-state index contributed by atoms with van der Waals surface area (Å²) in [6.45, 7) is 3.01. The van der Waals surface area contributed by atoms with Gasteiger partial charge >= 0.3 is 0 Å². The van der Waals surface area contributed by atoms with Crippen LogP contribution in [0.25, 0.3) is 6.08 Å². The van der Waals surface area contributed by atoms with Crippen molar-refractivity contribution in [1.29, 1.82) is 0 Å². The van der Waals surface area contributed by atoms with Gasteiger partial charge in [0.1, 0.15) is 11.4 Å². The predicted molar refractivity (Wildman–Crippen MR) is 108 cm³/mol. The lowest BCUT2D eigenvalue weighted by molar-refractivity contribution is -0.124. The maximum Gasteiger partial charge on any atom is 0.267 e. The molecular formula is C23H26N2O3. The maximum absolute atomic E-state index is 11.0. The number of hydrogen-bond acceptors (Lipinski definition) is 4. The second-order valence-corrected chi connectivity index (χ2v) is 7.72. The molecule has 2 heterocycles. The zero-order valence-electron chi connectivity index (χ0n) is 15.9. The first-order chi connectivity index (χ1) is 13.7. The molecule has 1 fully saturated rings. The number of hydroxylamine groups is 1. The number of nitrogens with zero attached hydrogens (tertiary/aromatic N) is 1. The summed E-state index contributed by atoms with van der Waals surface area (Å²) in [6.07, 6.45) is 7.34. The molecule has 0 saturated carbocycles. The van der Waals surface area contributed by atoms with Crippen LogP contribution >= 0.6 is 0 Å². The Hall–Kier alpha value is -2.63. The molecule has 2 aromatic rings. The predicted octanol–water partition coefficient (Wildman–Crippen LogP) is 3.57. The summed E-state index contributed by atoms with van der Waals surface area (Å²) in [7, 11) is 0. The molecule has 28 heavy (non-hydrogen) atoms. The van der Waals surface area contributed by atoms with Crippen LogP contribution in [0.4, 0.5) is 0 Å². The number of para-hydroxylation sites is 1. The van der Waals surface area contributed by atoms with E-state index < -0.39 is 5.91 Å². The molecule has 1 saturated heterocycles. The molecule has 0 unspecified atom stereocenters. The van der Waals surface area contributed by atoms with E-state index in [0.29, 0.717) is 0 Å². The molecule has 1 amide bonds. The Bertz CT molecular complexity index is 852. The number of ether oxygens (including phenoxy) is 1. The van der Waals surface area contributed by atoms with E-state index in [-0.39, 0.29) is 5.60 Å². The minimum absolute atomic E-state index is 0.00673. The normalized spacial score (nSPS) is 18.6. The lowest BCUT2D eigenvalue weighted by atomic mass is 9.83. The highest BCUT2D eigenvalue weighted by atomic mass is 16.5. The molecule has 146 valence electrons. The van der Waals surface area contributed by atoms with E-state index in [4.69, 9.17) is 9.94 Å². The molecule has 2 N–H and O–H groups in total. The fourth-order valence-electron chi connectivity index (χ4n) is 4.13. The van der Waals surface area contributed by atoms with Crippen LogP contribution in [-0.2, 0) is 17.8 Å². The summed E-state index contributed by atoms with van der Waals surface area (Å²) in [5.74, 6) is 0.541. The van der Waals surface area contributed by atoms with Crippen LogP contribution in [0.2, 0.25) is 0 Å². The number of aryl methyl sites for hydroxylation is 1. The van der Waals surface area contributed by atoms with Crippen molar-refractivity contribution in [3.05, 3.63) is 71.3 Å². The largest absolute Gasteiger partial charge is 0.487 e.